The topological polar surface area (TPSA) is 55.4 Å². The van der Waals surface area contributed by atoms with Crippen molar-refractivity contribution >= 4 is 9.84 Å². The van der Waals surface area contributed by atoms with Gasteiger partial charge in [-0.3, -0.25) is 0 Å². The lowest BCUT2D eigenvalue weighted by atomic mass is 9.93. The first-order valence-corrected chi connectivity index (χ1v) is 8.57. The second-order valence-electron chi connectivity index (χ2n) is 4.81. The van der Waals surface area contributed by atoms with Crippen LogP contribution in [-0.2, 0) is 9.84 Å². The number of para-hydroxylation sites is 1. The first-order valence-electron chi connectivity index (χ1n) is 6.75. The van der Waals surface area contributed by atoms with Gasteiger partial charge in [0, 0.05) is 24.8 Å². The highest BCUT2D eigenvalue weighted by Gasteiger charge is 2.20. The van der Waals surface area contributed by atoms with Crippen LogP contribution in [0.1, 0.15) is 24.8 Å². The van der Waals surface area contributed by atoms with E-state index in [9.17, 15) is 8.42 Å². The molecule has 1 heterocycles. The van der Waals surface area contributed by atoms with E-state index in [-0.39, 0.29) is 11.5 Å². The maximum absolute atomic E-state index is 11.4. The Balaban J connectivity index is 1.85. The molecule has 0 spiro atoms. The lowest BCUT2D eigenvalue weighted by Crippen LogP contribution is -2.30. The van der Waals surface area contributed by atoms with E-state index in [0.717, 1.165) is 25.3 Å². The summed E-state index contributed by atoms with van der Waals surface area (Å²) in [6.07, 6.45) is 0.977. The van der Waals surface area contributed by atoms with Gasteiger partial charge in [0.15, 0.2) is 9.84 Å². The molecule has 1 aliphatic rings. The van der Waals surface area contributed by atoms with Gasteiger partial charge in [0.05, 0.1) is 12.4 Å². The number of benzene rings is 1. The summed E-state index contributed by atoms with van der Waals surface area (Å²) >= 11 is 0. The van der Waals surface area contributed by atoms with Gasteiger partial charge in [0.2, 0.25) is 0 Å². The first-order chi connectivity index (χ1) is 9.12. The molecule has 0 aliphatic carbocycles. The van der Waals surface area contributed by atoms with E-state index < -0.39 is 9.84 Å². The number of ether oxygens (including phenoxy) is 1. The van der Waals surface area contributed by atoms with Gasteiger partial charge in [0.25, 0.3) is 0 Å². The second-order valence-corrected chi connectivity index (χ2v) is 7.29. The van der Waals surface area contributed by atoms with Crippen molar-refractivity contribution in [1.82, 2.24) is 5.32 Å². The number of nitrogens with one attached hydrogen (secondary N) is 1. The lowest BCUT2D eigenvalue weighted by molar-refractivity contribution is 0.265. The fourth-order valence-electron chi connectivity index (χ4n) is 2.28. The maximum Gasteiger partial charge on any atom is 0.151 e. The van der Waals surface area contributed by atoms with Crippen molar-refractivity contribution in [3.05, 3.63) is 29.8 Å². The highest BCUT2D eigenvalue weighted by molar-refractivity contribution is 7.91. The molecular weight excluding hydrogens is 262 g/mol. The number of hydrogen-bond donors (Lipinski definition) is 1. The van der Waals surface area contributed by atoms with Crippen LogP contribution >= 0.6 is 0 Å². The molecule has 106 valence electrons. The molecule has 0 amide bonds. The zero-order chi connectivity index (χ0) is 13.7. The van der Waals surface area contributed by atoms with E-state index in [1.807, 2.05) is 18.2 Å². The van der Waals surface area contributed by atoms with Gasteiger partial charge >= 0.3 is 0 Å². The van der Waals surface area contributed by atoms with E-state index in [4.69, 9.17) is 4.74 Å². The fraction of sp³-hybridized carbons (Fsp3) is 0.571. The first kappa shape index (κ1) is 14.3. The van der Waals surface area contributed by atoms with Crippen LogP contribution in [0.25, 0.3) is 0 Å². The Morgan fingerprint density at radius 1 is 1.37 bits per heavy atom. The highest BCUT2D eigenvalue weighted by Crippen LogP contribution is 2.32. The molecule has 1 aliphatic heterocycles. The zero-order valence-corrected chi connectivity index (χ0v) is 12.1. The van der Waals surface area contributed by atoms with Crippen LogP contribution in [0.2, 0.25) is 0 Å². The summed E-state index contributed by atoms with van der Waals surface area (Å²) < 4.78 is 28.4. The van der Waals surface area contributed by atoms with Crippen molar-refractivity contribution in [3.8, 4) is 5.75 Å². The predicted molar refractivity (Wildman–Crippen MR) is 76.5 cm³/mol. The van der Waals surface area contributed by atoms with Crippen LogP contribution in [0.4, 0.5) is 0 Å². The smallest absolute Gasteiger partial charge is 0.151 e. The quantitative estimate of drug-likeness (QED) is 0.805. The number of sulfone groups is 1. The van der Waals surface area contributed by atoms with Crippen molar-refractivity contribution in [1.29, 1.82) is 0 Å². The van der Waals surface area contributed by atoms with Crippen LogP contribution in [0.3, 0.4) is 0 Å². The molecule has 2 rings (SSSR count). The summed E-state index contributed by atoms with van der Waals surface area (Å²) in [5.74, 6) is 1.80. The zero-order valence-electron chi connectivity index (χ0n) is 11.3. The molecule has 5 heteroatoms. The van der Waals surface area contributed by atoms with E-state index in [2.05, 4.69) is 11.4 Å². The third-order valence-electron chi connectivity index (χ3n) is 3.50. The molecule has 0 bridgehead atoms. The van der Waals surface area contributed by atoms with Crippen LogP contribution in [0, 0.1) is 0 Å². The Morgan fingerprint density at radius 3 is 2.95 bits per heavy atom. The minimum atomic E-state index is -2.87. The molecule has 0 saturated carbocycles. The number of hydrogen-bond acceptors (Lipinski definition) is 4. The molecule has 0 radical (unpaired) electrons. The summed E-state index contributed by atoms with van der Waals surface area (Å²) in [4.78, 5) is 0. The summed E-state index contributed by atoms with van der Waals surface area (Å²) in [7, 11) is -2.87. The number of fused-ring (bicyclic) bond motifs is 1. The van der Waals surface area contributed by atoms with Crippen molar-refractivity contribution < 1.29 is 13.2 Å². The lowest BCUT2D eigenvalue weighted by Gasteiger charge is -2.26. The largest absolute Gasteiger partial charge is 0.493 e. The van der Waals surface area contributed by atoms with Gasteiger partial charge in [-0.05, 0) is 18.1 Å². The van der Waals surface area contributed by atoms with Gasteiger partial charge in [-0.2, -0.15) is 0 Å². The standard InChI is InChI=1S/C14H21NO3S/c1-2-19(16,17)10-8-15-11-12-7-9-18-14-6-4-3-5-13(12)14/h3-6,12,15H,2,7-11H2,1H3. The second kappa shape index (κ2) is 6.39. The van der Waals surface area contributed by atoms with Gasteiger partial charge in [0.1, 0.15) is 5.75 Å². The third-order valence-corrected chi connectivity index (χ3v) is 5.21. The minimum absolute atomic E-state index is 0.217. The summed E-state index contributed by atoms with van der Waals surface area (Å²) in [5, 5.41) is 3.25. The Morgan fingerprint density at radius 2 is 2.16 bits per heavy atom. The summed E-state index contributed by atoms with van der Waals surface area (Å²) in [6, 6.07) is 8.07. The number of rotatable bonds is 6. The van der Waals surface area contributed by atoms with Crippen LogP contribution < -0.4 is 10.1 Å². The molecule has 1 aromatic rings. The minimum Gasteiger partial charge on any atom is -0.493 e. The molecular formula is C14H21NO3S. The molecule has 19 heavy (non-hydrogen) atoms. The van der Waals surface area contributed by atoms with E-state index in [1.165, 1.54) is 5.56 Å². The van der Waals surface area contributed by atoms with E-state index in [1.54, 1.807) is 6.92 Å². The Labute approximate surface area is 115 Å². The molecule has 1 unspecified atom stereocenters. The van der Waals surface area contributed by atoms with Crippen molar-refractivity contribution in [2.45, 2.75) is 19.3 Å². The average Bonchev–Trinajstić information content (AvgIpc) is 2.44. The van der Waals surface area contributed by atoms with Crippen molar-refractivity contribution in [2.75, 3.05) is 31.2 Å². The van der Waals surface area contributed by atoms with Crippen LogP contribution in [0.15, 0.2) is 24.3 Å². The predicted octanol–water partition coefficient (Wildman–Crippen LogP) is 1.58. The molecule has 1 atom stereocenters. The normalized spacial score (nSPS) is 18.7. The van der Waals surface area contributed by atoms with Gasteiger partial charge in [-0.1, -0.05) is 25.1 Å². The molecule has 0 saturated heterocycles. The highest BCUT2D eigenvalue weighted by atomic mass is 32.2. The van der Waals surface area contributed by atoms with Gasteiger partial charge in [-0.25, -0.2) is 8.42 Å². The molecule has 4 nitrogen and oxygen atoms in total. The molecule has 0 fully saturated rings. The molecule has 0 aromatic heterocycles. The van der Waals surface area contributed by atoms with Crippen LogP contribution in [-0.4, -0.2) is 39.6 Å². The summed E-state index contributed by atoms with van der Waals surface area (Å²) in [6.45, 7) is 3.75. The summed E-state index contributed by atoms with van der Waals surface area (Å²) in [5.41, 5.74) is 1.22. The van der Waals surface area contributed by atoms with E-state index in [0.29, 0.717) is 12.5 Å². The maximum atomic E-state index is 11.4. The van der Waals surface area contributed by atoms with Crippen molar-refractivity contribution in [2.24, 2.45) is 0 Å². The molecule has 1 N–H and O–H groups in total. The molecule has 1 aromatic carbocycles. The van der Waals surface area contributed by atoms with Crippen LogP contribution in [0.5, 0.6) is 5.75 Å². The SMILES string of the molecule is CCS(=O)(=O)CCNCC1CCOc2ccccc21. The van der Waals surface area contributed by atoms with E-state index >= 15 is 0 Å². The fourth-order valence-corrected chi connectivity index (χ4v) is 3.02. The average molecular weight is 283 g/mol. The van der Waals surface area contributed by atoms with Crippen molar-refractivity contribution in [3.63, 3.8) is 0 Å². The third kappa shape index (κ3) is 3.94. The van der Waals surface area contributed by atoms with Gasteiger partial charge in [-0.15, -0.1) is 0 Å². The Hall–Kier alpha value is -1.07. The monoisotopic (exact) mass is 283 g/mol. The Bertz CT molecular complexity index is 513. The van der Waals surface area contributed by atoms with Gasteiger partial charge < -0.3 is 10.1 Å². The Kier molecular flexibility index (Phi) is 4.82.